The second-order valence-electron chi connectivity index (χ2n) is 2.98. The molecule has 1 aromatic heterocycles. The Balaban J connectivity index is 3.25. The van der Waals surface area contributed by atoms with Gasteiger partial charge >= 0.3 is 6.03 Å². The van der Waals surface area contributed by atoms with Gasteiger partial charge in [0.15, 0.2) is 0 Å². The van der Waals surface area contributed by atoms with Crippen LogP contribution in [0, 0.1) is 11.7 Å². The molecule has 0 unspecified atom stereocenters. The summed E-state index contributed by atoms with van der Waals surface area (Å²) in [6.45, 7) is 1.80. The number of hydrogen-bond acceptors (Lipinski definition) is 3. The van der Waals surface area contributed by atoms with E-state index in [4.69, 9.17) is 12.2 Å². The van der Waals surface area contributed by atoms with Crippen molar-refractivity contribution in [1.82, 2.24) is 19.2 Å². The topological polar surface area (TPSA) is 43.1 Å². The highest BCUT2D eigenvalue weighted by molar-refractivity contribution is 7.71. The van der Waals surface area contributed by atoms with Crippen molar-refractivity contribution in [2.75, 3.05) is 14.1 Å². The van der Waals surface area contributed by atoms with Crippen LogP contribution in [0.5, 0.6) is 0 Å². The summed E-state index contributed by atoms with van der Waals surface area (Å²) in [5, 5.41) is 4.02. The van der Waals surface area contributed by atoms with Crippen LogP contribution < -0.4 is 0 Å². The van der Waals surface area contributed by atoms with E-state index >= 15 is 0 Å². The molecule has 0 bridgehead atoms. The molecule has 1 aromatic rings. The molecular formula is C7H12N4OS. The number of aryl methyl sites for hydroxylation is 1. The van der Waals surface area contributed by atoms with E-state index in [1.54, 1.807) is 32.6 Å². The van der Waals surface area contributed by atoms with E-state index in [1.807, 2.05) is 0 Å². The van der Waals surface area contributed by atoms with Crippen molar-refractivity contribution in [3.63, 3.8) is 0 Å². The molecule has 0 saturated heterocycles. The zero-order valence-electron chi connectivity index (χ0n) is 8.11. The molecule has 72 valence electrons. The molecule has 0 aliphatic heterocycles. The Bertz CT molecular complexity index is 390. The minimum atomic E-state index is -0.228. The SMILES string of the molecule is Cc1nn(C(=O)N(C)C)c(=S)n1C. The Hall–Kier alpha value is -1.17. The molecule has 0 spiro atoms. The lowest BCUT2D eigenvalue weighted by atomic mass is 10.7. The fraction of sp³-hybridized carbons (Fsp3) is 0.571. The number of aromatic nitrogens is 3. The van der Waals surface area contributed by atoms with Crippen molar-refractivity contribution < 1.29 is 4.79 Å². The number of rotatable bonds is 0. The summed E-state index contributed by atoms with van der Waals surface area (Å²) in [6, 6.07) is -0.228. The number of amides is 1. The third-order valence-electron chi connectivity index (χ3n) is 1.76. The van der Waals surface area contributed by atoms with Gasteiger partial charge in [0.05, 0.1) is 0 Å². The molecule has 0 saturated carbocycles. The van der Waals surface area contributed by atoms with Gasteiger partial charge in [-0.25, -0.2) is 4.79 Å². The number of carbonyl (C=O) groups excluding carboxylic acids is 1. The van der Waals surface area contributed by atoms with Crippen molar-refractivity contribution in [2.24, 2.45) is 7.05 Å². The first-order chi connectivity index (χ1) is 5.95. The Morgan fingerprint density at radius 2 is 2.08 bits per heavy atom. The number of nitrogens with zero attached hydrogens (tertiary/aromatic N) is 4. The molecule has 5 nitrogen and oxygen atoms in total. The molecule has 1 heterocycles. The lowest BCUT2D eigenvalue weighted by molar-refractivity contribution is 0.215. The standard InChI is InChI=1S/C7H12N4OS/c1-5-8-11(6(12)9(2)3)7(13)10(5)4/h1-4H3. The van der Waals surface area contributed by atoms with E-state index in [1.165, 1.54) is 9.58 Å². The summed E-state index contributed by atoms with van der Waals surface area (Å²) in [5.41, 5.74) is 0. The van der Waals surface area contributed by atoms with Gasteiger partial charge in [0, 0.05) is 21.1 Å². The van der Waals surface area contributed by atoms with E-state index in [2.05, 4.69) is 5.10 Å². The predicted molar refractivity (Wildman–Crippen MR) is 51.3 cm³/mol. The van der Waals surface area contributed by atoms with Crippen LogP contribution in [0.3, 0.4) is 0 Å². The van der Waals surface area contributed by atoms with E-state index in [-0.39, 0.29) is 6.03 Å². The Morgan fingerprint density at radius 1 is 1.54 bits per heavy atom. The van der Waals surface area contributed by atoms with E-state index in [0.717, 1.165) is 5.82 Å². The fourth-order valence-corrected chi connectivity index (χ4v) is 1.10. The summed E-state index contributed by atoms with van der Waals surface area (Å²) < 4.78 is 3.32. The zero-order chi connectivity index (χ0) is 10.2. The maximum atomic E-state index is 11.5. The molecule has 0 fully saturated rings. The molecule has 0 atom stereocenters. The predicted octanol–water partition coefficient (Wildman–Crippen LogP) is 0.789. The normalized spacial score (nSPS) is 10.2. The molecule has 1 amide bonds. The van der Waals surface area contributed by atoms with Crippen molar-refractivity contribution in [2.45, 2.75) is 6.92 Å². The van der Waals surface area contributed by atoms with Crippen LogP contribution in [0.1, 0.15) is 5.82 Å². The second-order valence-corrected chi connectivity index (χ2v) is 3.34. The maximum Gasteiger partial charge on any atom is 0.346 e. The van der Waals surface area contributed by atoms with Crippen LogP contribution >= 0.6 is 12.2 Å². The van der Waals surface area contributed by atoms with Crippen LogP contribution in [0.2, 0.25) is 0 Å². The number of carbonyl (C=O) groups is 1. The Morgan fingerprint density at radius 3 is 2.38 bits per heavy atom. The Labute approximate surface area is 81.6 Å². The van der Waals surface area contributed by atoms with Gasteiger partial charge in [-0.1, -0.05) is 0 Å². The monoisotopic (exact) mass is 200 g/mol. The number of hydrogen-bond donors (Lipinski definition) is 0. The van der Waals surface area contributed by atoms with Gasteiger partial charge in [0.2, 0.25) is 4.77 Å². The highest BCUT2D eigenvalue weighted by Gasteiger charge is 2.12. The van der Waals surface area contributed by atoms with Crippen molar-refractivity contribution in [3.05, 3.63) is 10.6 Å². The first-order valence-electron chi connectivity index (χ1n) is 3.79. The first-order valence-corrected chi connectivity index (χ1v) is 4.20. The van der Waals surface area contributed by atoms with E-state index in [9.17, 15) is 4.79 Å². The zero-order valence-corrected chi connectivity index (χ0v) is 8.92. The molecule has 0 aliphatic carbocycles. The maximum absolute atomic E-state index is 11.5. The molecule has 6 heteroatoms. The van der Waals surface area contributed by atoms with Crippen LogP contribution in [-0.2, 0) is 7.05 Å². The second kappa shape index (κ2) is 3.29. The molecule has 0 aromatic carbocycles. The quantitative estimate of drug-likeness (QED) is 0.581. The van der Waals surface area contributed by atoms with Crippen molar-refractivity contribution >= 4 is 18.2 Å². The van der Waals surface area contributed by atoms with Crippen molar-refractivity contribution in [3.8, 4) is 0 Å². The van der Waals surface area contributed by atoms with Gasteiger partial charge in [0.25, 0.3) is 0 Å². The van der Waals surface area contributed by atoms with Gasteiger partial charge in [0.1, 0.15) is 5.82 Å². The summed E-state index contributed by atoms with van der Waals surface area (Å²) in [4.78, 5) is 12.9. The van der Waals surface area contributed by atoms with Gasteiger partial charge in [-0.2, -0.15) is 4.68 Å². The largest absolute Gasteiger partial charge is 0.346 e. The molecule has 13 heavy (non-hydrogen) atoms. The molecule has 0 radical (unpaired) electrons. The molecule has 0 N–H and O–H groups in total. The minimum absolute atomic E-state index is 0.228. The smallest absolute Gasteiger partial charge is 0.329 e. The summed E-state index contributed by atoms with van der Waals surface area (Å²) in [5.74, 6) is 0.722. The highest BCUT2D eigenvalue weighted by atomic mass is 32.1. The first kappa shape index (κ1) is 9.91. The summed E-state index contributed by atoms with van der Waals surface area (Å²) in [6.07, 6.45) is 0. The van der Waals surface area contributed by atoms with E-state index in [0.29, 0.717) is 4.77 Å². The average molecular weight is 200 g/mol. The van der Waals surface area contributed by atoms with Crippen LogP contribution in [0.4, 0.5) is 4.79 Å². The third kappa shape index (κ3) is 1.62. The van der Waals surface area contributed by atoms with Gasteiger partial charge in [-0.05, 0) is 19.1 Å². The lowest BCUT2D eigenvalue weighted by Gasteiger charge is -2.08. The minimum Gasteiger partial charge on any atom is -0.329 e. The molecule has 1 rings (SSSR count). The third-order valence-corrected chi connectivity index (χ3v) is 2.21. The van der Waals surface area contributed by atoms with Crippen LogP contribution in [0.15, 0.2) is 0 Å². The highest BCUT2D eigenvalue weighted by Crippen LogP contribution is 1.98. The van der Waals surface area contributed by atoms with Crippen molar-refractivity contribution in [1.29, 1.82) is 0 Å². The lowest BCUT2D eigenvalue weighted by Crippen LogP contribution is -2.28. The van der Waals surface area contributed by atoms with Crippen LogP contribution in [0.25, 0.3) is 0 Å². The van der Waals surface area contributed by atoms with Gasteiger partial charge < -0.3 is 9.47 Å². The van der Waals surface area contributed by atoms with Crippen LogP contribution in [-0.4, -0.2) is 39.4 Å². The van der Waals surface area contributed by atoms with E-state index < -0.39 is 0 Å². The van der Waals surface area contributed by atoms with Gasteiger partial charge in [-0.3, -0.25) is 0 Å². The van der Waals surface area contributed by atoms with Gasteiger partial charge in [-0.15, -0.1) is 5.10 Å². The summed E-state index contributed by atoms with van der Waals surface area (Å²) >= 11 is 5.03. The fourth-order valence-electron chi connectivity index (χ4n) is 0.849. The Kier molecular flexibility index (Phi) is 2.51. The average Bonchev–Trinajstić information content (AvgIpc) is 2.31. The summed E-state index contributed by atoms with van der Waals surface area (Å²) in [7, 11) is 5.10. The molecular weight excluding hydrogens is 188 g/mol. The molecule has 0 aliphatic rings.